The molecule has 0 heterocycles. The fourth-order valence-corrected chi connectivity index (χ4v) is 3.58. The van der Waals surface area contributed by atoms with Crippen molar-refractivity contribution < 1.29 is 22.6 Å². The number of ether oxygens (including phenoxy) is 2. The van der Waals surface area contributed by atoms with Gasteiger partial charge in [0.15, 0.2) is 0 Å². The normalized spacial score (nSPS) is 19.7. The van der Waals surface area contributed by atoms with Crippen LogP contribution in [0.5, 0.6) is 0 Å². The maximum Gasteiger partial charge on any atom is 0.391 e. The van der Waals surface area contributed by atoms with Crippen molar-refractivity contribution in [1.82, 2.24) is 0 Å². The molecule has 1 rings (SSSR count). The van der Waals surface area contributed by atoms with Gasteiger partial charge in [-0.15, -0.1) is 0 Å². The largest absolute Gasteiger partial charge is 0.391 e. The first-order chi connectivity index (χ1) is 9.85. The smallest absolute Gasteiger partial charge is 0.384 e. The lowest BCUT2D eigenvalue weighted by atomic mass is 9.66. The van der Waals surface area contributed by atoms with Gasteiger partial charge < -0.3 is 9.47 Å². The molecule has 5 heteroatoms. The topological polar surface area (TPSA) is 18.5 Å². The minimum Gasteiger partial charge on any atom is -0.384 e. The van der Waals surface area contributed by atoms with Gasteiger partial charge in [-0.1, -0.05) is 26.2 Å². The third-order valence-corrected chi connectivity index (χ3v) is 4.97. The number of hydrogen-bond acceptors (Lipinski definition) is 2. The standard InChI is InChI=1S/C16H29F3O2/c1-13(16(17,18)19)9-10-15(11-20-2,12-21-3)14-7-5-4-6-8-14/h13-14H,4-12H2,1-3H3. The van der Waals surface area contributed by atoms with E-state index in [2.05, 4.69) is 0 Å². The van der Waals surface area contributed by atoms with Gasteiger partial charge in [-0.25, -0.2) is 0 Å². The van der Waals surface area contributed by atoms with Crippen LogP contribution < -0.4 is 0 Å². The third-order valence-electron chi connectivity index (χ3n) is 4.97. The van der Waals surface area contributed by atoms with Crippen LogP contribution in [0.25, 0.3) is 0 Å². The first-order valence-electron chi connectivity index (χ1n) is 7.90. The highest BCUT2D eigenvalue weighted by atomic mass is 19.4. The lowest BCUT2D eigenvalue weighted by Gasteiger charge is -2.42. The average molecular weight is 310 g/mol. The van der Waals surface area contributed by atoms with Crippen molar-refractivity contribution in [3.05, 3.63) is 0 Å². The van der Waals surface area contributed by atoms with E-state index < -0.39 is 12.1 Å². The first-order valence-corrected chi connectivity index (χ1v) is 7.90. The van der Waals surface area contributed by atoms with Crippen LogP contribution in [-0.2, 0) is 9.47 Å². The summed E-state index contributed by atoms with van der Waals surface area (Å²) in [7, 11) is 3.25. The summed E-state index contributed by atoms with van der Waals surface area (Å²) in [5.41, 5.74) is -0.274. The summed E-state index contributed by atoms with van der Waals surface area (Å²) in [4.78, 5) is 0. The van der Waals surface area contributed by atoms with Crippen molar-refractivity contribution in [3.63, 3.8) is 0 Å². The van der Waals surface area contributed by atoms with Crippen LogP contribution in [0.1, 0.15) is 51.9 Å². The van der Waals surface area contributed by atoms with Crippen molar-refractivity contribution in [2.75, 3.05) is 27.4 Å². The summed E-state index contributed by atoms with van der Waals surface area (Å²) >= 11 is 0. The van der Waals surface area contributed by atoms with Crippen molar-refractivity contribution in [2.45, 2.75) is 58.0 Å². The zero-order valence-corrected chi connectivity index (χ0v) is 13.5. The summed E-state index contributed by atoms with van der Waals surface area (Å²) < 4.78 is 49.1. The molecular weight excluding hydrogens is 281 g/mol. The fraction of sp³-hybridized carbons (Fsp3) is 1.00. The third kappa shape index (κ3) is 5.44. The van der Waals surface area contributed by atoms with Crippen molar-refractivity contribution in [1.29, 1.82) is 0 Å². The molecular formula is C16H29F3O2. The van der Waals surface area contributed by atoms with Crippen molar-refractivity contribution in [2.24, 2.45) is 17.3 Å². The molecule has 0 saturated heterocycles. The van der Waals surface area contributed by atoms with Gasteiger partial charge in [0.05, 0.1) is 19.1 Å². The second-order valence-electron chi connectivity index (χ2n) is 6.54. The Bertz CT molecular complexity index is 280. The highest BCUT2D eigenvalue weighted by molar-refractivity contribution is 4.89. The maximum atomic E-state index is 12.8. The van der Waals surface area contributed by atoms with E-state index >= 15 is 0 Å². The lowest BCUT2D eigenvalue weighted by molar-refractivity contribution is -0.175. The fourth-order valence-electron chi connectivity index (χ4n) is 3.58. The minimum atomic E-state index is -4.11. The second-order valence-corrected chi connectivity index (χ2v) is 6.54. The van der Waals surface area contributed by atoms with Gasteiger partial charge >= 0.3 is 6.18 Å². The molecule has 1 aliphatic carbocycles. The summed E-state index contributed by atoms with van der Waals surface area (Å²) in [6.45, 7) is 2.23. The molecule has 0 aromatic rings. The zero-order chi connectivity index (χ0) is 15.9. The van der Waals surface area contributed by atoms with Crippen LogP contribution >= 0.6 is 0 Å². The Balaban J connectivity index is 2.78. The lowest BCUT2D eigenvalue weighted by Crippen LogP contribution is -2.41. The molecule has 1 unspecified atom stereocenters. The SMILES string of the molecule is COCC(CCC(C)C(F)(F)F)(COC)C1CCCCC1. The molecule has 0 aromatic heterocycles. The second kappa shape index (κ2) is 8.37. The molecule has 1 atom stereocenters. The maximum absolute atomic E-state index is 12.8. The molecule has 21 heavy (non-hydrogen) atoms. The van der Waals surface area contributed by atoms with E-state index in [1.54, 1.807) is 14.2 Å². The Kier molecular flexibility index (Phi) is 7.48. The number of rotatable bonds is 8. The molecule has 2 nitrogen and oxygen atoms in total. The van der Waals surface area contributed by atoms with Crippen LogP contribution in [-0.4, -0.2) is 33.6 Å². The minimum absolute atomic E-state index is 0.146. The number of alkyl halides is 3. The van der Waals surface area contributed by atoms with Gasteiger partial charge in [-0.2, -0.15) is 13.2 Å². The molecule has 1 saturated carbocycles. The molecule has 0 aromatic carbocycles. The van der Waals surface area contributed by atoms with Crippen LogP contribution in [0.15, 0.2) is 0 Å². The van der Waals surface area contributed by atoms with E-state index in [0.29, 0.717) is 25.6 Å². The number of hydrogen-bond donors (Lipinski definition) is 0. The first kappa shape index (κ1) is 18.8. The monoisotopic (exact) mass is 310 g/mol. The van der Waals surface area contributed by atoms with Crippen molar-refractivity contribution >= 4 is 0 Å². The van der Waals surface area contributed by atoms with E-state index in [-0.39, 0.29) is 11.8 Å². The van der Waals surface area contributed by atoms with Crippen molar-refractivity contribution in [3.8, 4) is 0 Å². The highest BCUT2D eigenvalue weighted by Gasteiger charge is 2.42. The van der Waals surface area contributed by atoms with E-state index in [1.807, 2.05) is 0 Å². The van der Waals surface area contributed by atoms with Gasteiger partial charge in [0.2, 0.25) is 0 Å². The van der Waals surface area contributed by atoms with Crippen LogP contribution in [0, 0.1) is 17.3 Å². The predicted molar refractivity (Wildman–Crippen MR) is 77.2 cm³/mol. The summed E-state index contributed by atoms with van der Waals surface area (Å²) in [6.07, 6.45) is 2.25. The molecule has 1 fully saturated rings. The van der Waals surface area contributed by atoms with E-state index in [4.69, 9.17) is 9.47 Å². The Morgan fingerprint density at radius 2 is 1.52 bits per heavy atom. The van der Waals surface area contributed by atoms with Crippen LogP contribution in [0.3, 0.4) is 0 Å². The van der Waals surface area contributed by atoms with Gasteiger partial charge in [0, 0.05) is 19.6 Å². The Labute approximate surface area is 126 Å². The molecule has 0 amide bonds. The zero-order valence-electron chi connectivity index (χ0n) is 13.5. The van der Waals surface area contributed by atoms with Crippen LogP contribution in [0.2, 0.25) is 0 Å². The Morgan fingerprint density at radius 1 is 1.00 bits per heavy atom. The predicted octanol–water partition coefficient (Wildman–Crippen LogP) is 4.82. The molecule has 0 N–H and O–H groups in total. The Hall–Kier alpha value is -0.290. The highest BCUT2D eigenvalue weighted by Crippen LogP contribution is 2.44. The molecule has 0 spiro atoms. The Morgan fingerprint density at radius 3 is 1.95 bits per heavy atom. The molecule has 126 valence electrons. The van der Waals surface area contributed by atoms with Gasteiger partial charge in [-0.05, 0) is 31.6 Å². The van der Waals surface area contributed by atoms with Gasteiger partial charge in [-0.3, -0.25) is 0 Å². The number of halogens is 3. The summed E-state index contributed by atoms with van der Waals surface area (Å²) in [5, 5.41) is 0. The van der Waals surface area contributed by atoms with Gasteiger partial charge in [0.25, 0.3) is 0 Å². The summed E-state index contributed by atoms with van der Waals surface area (Å²) in [6, 6.07) is 0. The number of methoxy groups -OCH3 is 2. The molecule has 1 aliphatic rings. The molecule has 0 radical (unpaired) electrons. The quantitative estimate of drug-likeness (QED) is 0.639. The van der Waals surface area contributed by atoms with E-state index in [9.17, 15) is 13.2 Å². The molecule has 0 aliphatic heterocycles. The van der Waals surface area contributed by atoms with Crippen LogP contribution in [0.4, 0.5) is 13.2 Å². The average Bonchev–Trinajstić information content (AvgIpc) is 2.44. The summed E-state index contributed by atoms with van der Waals surface area (Å²) in [5.74, 6) is -0.860. The molecule has 0 bridgehead atoms. The van der Waals surface area contributed by atoms with E-state index in [0.717, 1.165) is 25.7 Å². The van der Waals surface area contributed by atoms with Gasteiger partial charge in [0.1, 0.15) is 0 Å². The van der Waals surface area contributed by atoms with E-state index in [1.165, 1.54) is 13.3 Å².